The molecule has 0 atom stereocenters. The normalized spacial score (nSPS) is 23.7. The third-order valence-corrected chi connectivity index (χ3v) is 5.07. The Morgan fingerprint density at radius 3 is 2.36 bits per heavy atom. The van der Waals surface area contributed by atoms with Gasteiger partial charge in [0.1, 0.15) is 11.5 Å². The fourth-order valence-corrected chi connectivity index (χ4v) is 3.47. The van der Waals surface area contributed by atoms with Crippen LogP contribution in [0.15, 0.2) is 66.7 Å². The van der Waals surface area contributed by atoms with Crippen molar-refractivity contribution in [3.8, 4) is 0 Å². The lowest BCUT2D eigenvalue weighted by molar-refractivity contribution is -0.117. The lowest BCUT2D eigenvalue weighted by Crippen LogP contribution is -2.43. The summed E-state index contributed by atoms with van der Waals surface area (Å²) in [5.41, 5.74) is 1.05. The second-order valence-corrected chi connectivity index (χ2v) is 7.01. The van der Waals surface area contributed by atoms with Gasteiger partial charge in [0.25, 0.3) is 5.91 Å². The molecule has 1 aromatic rings. The Morgan fingerprint density at radius 1 is 1.24 bits per heavy atom. The molecule has 0 radical (unpaired) electrons. The first kappa shape index (κ1) is 18.8. The molecule has 1 fully saturated rings. The van der Waals surface area contributed by atoms with E-state index >= 15 is 0 Å². The molecule has 1 aromatic carbocycles. The Kier molecular flexibility index (Phi) is 6.07. The van der Waals surface area contributed by atoms with Crippen LogP contribution in [-0.2, 0) is 10.2 Å². The van der Waals surface area contributed by atoms with E-state index < -0.39 is 11.7 Å². The van der Waals surface area contributed by atoms with Crippen LogP contribution in [0, 0.1) is 5.92 Å². The number of nitrogens with one attached hydrogen (secondary N) is 1. The summed E-state index contributed by atoms with van der Waals surface area (Å²) in [4.78, 5) is 12.4. The molecule has 3 N–H and O–H groups in total. The van der Waals surface area contributed by atoms with E-state index in [1.54, 1.807) is 0 Å². The molecule has 1 amide bonds. The summed E-state index contributed by atoms with van der Waals surface area (Å²) in [5.74, 6) is -0.460. The third-order valence-electron chi connectivity index (χ3n) is 5.07. The van der Waals surface area contributed by atoms with Gasteiger partial charge in [-0.2, -0.15) is 0 Å². The summed E-state index contributed by atoms with van der Waals surface area (Å²) in [6, 6.07) is 10.3. The standard InChI is InChI=1S/C21H27NO3/c1-15-9-11-21(12-10-15,18-7-5-4-6-8-18)14-22-20(25)19(17(3)24)13-16(2)23/h4-8,13,15,23-24H,2-3,9-12,14H2,1H3,(H,22,25)/b19-13+. The molecule has 2 rings (SSSR count). The maximum absolute atomic E-state index is 12.4. The average molecular weight is 341 g/mol. The number of amides is 1. The van der Waals surface area contributed by atoms with Crippen molar-refractivity contribution in [3.05, 3.63) is 72.2 Å². The SMILES string of the molecule is C=C(O)/C=C(\C(=C)O)C(=O)NCC1(c2ccccc2)CCC(C)CC1. The predicted octanol–water partition coefficient (Wildman–Crippen LogP) is 4.32. The fourth-order valence-electron chi connectivity index (χ4n) is 3.47. The average Bonchev–Trinajstić information content (AvgIpc) is 2.59. The Hall–Kier alpha value is -2.49. The number of hydrogen-bond acceptors (Lipinski definition) is 3. The minimum Gasteiger partial charge on any atom is -0.509 e. The minimum atomic E-state index is -0.461. The van der Waals surface area contributed by atoms with Crippen molar-refractivity contribution in [2.24, 2.45) is 5.92 Å². The van der Waals surface area contributed by atoms with Gasteiger partial charge >= 0.3 is 0 Å². The molecule has 0 bridgehead atoms. The van der Waals surface area contributed by atoms with E-state index in [2.05, 4.69) is 37.5 Å². The van der Waals surface area contributed by atoms with E-state index in [4.69, 9.17) is 0 Å². The summed E-state index contributed by atoms with van der Waals surface area (Å²) in [6.45, 7) is 9.45. The van der Waals surface area contributed by atoms with E-state index in [0.29, 0.717) is 12.5 Å². The maximum Gasteiger partial charge on any atom is 0.255 e. The highest BCUT2D eigenvalue weighted by molar-refractivity contribution is 5.97. The van der Waals surface area contributed by atoms with Crippen LogP contribution in [0.25, 0.3) is 0 Å². The number of hydrogen-bond donors (Lipinski definition) is 3. The van der Waals surface area contributed by atoms with Crippen molar-refractivity contribution in [1.82, 2.24) is 5.32 Å². The van der Waals surface area contributed by atoms with Crippen molar-refractivity contribution in [2.45, 2.75) is 38.0 Å². The van der Waals surface area contributed by atoms with Gasteiger partial charge in [0, 0.05) is 12.0 Å². The van der Waals surface area contributed by atoms with Crippen LogP contribution in [0.3, 0.4) is 0 Å². The number of carbonyl (C=O) groups excluding carboxylic acids is 1. The summed E-state index contributed by atoms with van der Waals surface area (Å²) >= 11 is 0. The lowest BCUT2D eigenvalue weighted by Gasteiger charge is -2.40. The van der Waals surface area contributed by atoms with Gasteiger partial charge in [-0.05, 0) is 43.2 Å². The number of aliphatic hydroxyl groups is 2. The molecule has 4 heteroatoms. The second kappa shape index (κ2) is 8.06. The van der Waals surface area contributed by atoms with E-state index in [-0.39, 0.29) is 16.7 Å². The Labute approximate surface area is 149 Å². The van der Waals surface area contributed by atoms with Crippen molar-refractivity contribution < 1.29 is 15.0 Å². The Bertz CT molecular complexity index is 668. The van der Waals surface area contributed by atoms with E-state index in [1.165, 1.54) is 5.56 Å². The molecule has 0 saturated heterocycles. The van der Waals surface area contributed by atoms with E-state index in [0.717, 1.165) is 31.8 Å². The molecule has 1 aliphatic rings. The quantitative estimate of drug-likeness (QED) is 0.410. The highest BCUT2D eigenvalue weighted by Crippen LogP contribution is 2.41. The lowest BCUT2D eigenvalue weighted by atomic mass is 9.67. The second-order valence-electron chi connectivity index (χ2n) is 7.01. The zero-order valence-electron chi connectivity index (χ0n) is 14.8. The van der Waals surface area contributed by atoms with Gasteiger partial charge in [0.15, 0.2) is 0 Å². The smallest absolute Gasteiger partial charge is 0.255 e. The van der Waals surface area contributed by atoms with E-state index in [9.17, 15) is 15.0 Å². The first-order valence-electron chi connectivity index (χ1n) is 8.65. The zero-order valence-corrected chi connectivity index (χ0v) is 14.8. The Morgan fingerprint density at radius 2 is 1.84 bits per heavy atom. The van der Waals surface area contributed by atoms with Crippen LogP contribution < -0.4 is 5.32 Å². The van der Waals surface area contributed by atoms with Crippen molar-refractivity contribution in [1.29, 1.82) is 0 Å². The molecular formula is C21H27NO3. The van der Waals surface area contributed by atoms with Crippen LogP contribution in [0.1, 0.15) is 38.2 Å². The van der Waals surface area contributed by atoms with Gasteiger partial charge in [-0.25, -0.2) is 0 Å². The van der Waals surface area contributed by atoms with Gasteiger partial charge in [-0.15, -0.1) is 0 Å². The first-order valence-corrected chi connectivity index (χ1v) is 8.65. The van der Waals surface area contributed by atoms with E-state index in [1.807, 2.05) is 18.2 Å². The molecule has 1 saturated carbocycles. The van der Waals surface area contributed by atoms with Gasteiger partial charge in [-0.1, -0.05) is 50.4 Å². The highest BCUT2D eigenvalue weighted by atomic mass is 16.3. The number of rotatable bonds is 6. The molecule has 0 aliphatic heterocycles. The molecule has 0 spiro atoms. The summed E-state index contributed by atoms with van der Waals surface area (Å²) < 4.78 is 0. The molecular weight excluding hydrogens is 314 g/mol. The number of allylic oxidation sites excluding steroid dienone is 1. The summed E-state index contributed by atoms with van der Waals surface area (Å²) in [5, 5.41) is 21.8. The molecule has 4 nitrogen and oxygen atoms in total. The van der Waals surface area contributed by atoms with Crippen LogP contribution in [-0.4, -0.2) is 22.7 Å². The molecule has 25 heavy (non-hydrogen) atoms. The molecule has 0 heterocycles. The summed E-state index contributed by atoms with van der Waals surface area (Å²) in [7, 11) is 0. The largest absolute Gasteiger partial charge is 0.509 e. The van der Waals surface area contributed by atoms with Crippen molar-refractivity contribution >= 4 is 5.91 Å². The van der Waals surface area contributed by atoms with Crippen molar-refractivity contribution in [2.75, 3.05) is 6.54 Å². The molecule has 1 aliphatic carbocycles. The fraction of sp³-hybridized carbons (Fsp3) is 0.381. The third kappa shape index (κ3) is 4.75. The minimum absolute atomic E-state index is 0.0695. The highest BCUT2D eigenvalue weighted by Gasteiger charge is 2.36. The number of carbonyl (C=O) groups is 1. The monoisotopic (exact) mass is 341 g/mol. The maximum atomic E-state index is 12.4. The van der Waals surface area contributed by atoms with Crippen LogP contribution in [0.2, 0.25) is 0 Å². The van der Waals surface area contributed by atoms with Gasteiger partial charge in [0.2, 0.25) is 0 Å². The van der Waals surface area contributed by atoms with Crippen LogP contribution in [0.4, 0.5) is 0 Å². The molecule has 134 valence electrons. The molecule has 0 unspecified atom stereocenters. The first-order chi connectivity index (χ1) is 11.8. The van der Waals surface area contributed by atoms with Gasteiger partial charge < -0.3 is 15.5 Å². The summed E-state index contributed by atoms with van der Waals surface area (Å²) in [6.07, 6.45) is 5.37. The van der Waals surface area contributed by atoms with Crippen LogP contribution >= 0.6 is 0 Å². The predicted molar refractivity (Wildman–Crippen MR) is 100 cm³/mol. The van der Waals surface area contributed by atoms with Gasteiger partial charge in [-0.3, -0.25) is 4.79 Å². The Balaban J connectivity index is 2.19. The number of benzene rings is 1. The molecule has 0 aromatic heterocycles. The zero-order chi connectivity index (χ0) is 18.4. The van der Waals surface area contributed by atoms with Crippen molar-refractivity contribution in [3.63, 3.8) is 0 Å². The number of aliphatic hydroxyl groups excluding tert-OH is 2. The van der Waals surface area contributed by atoms with Gasteiger partial charge in [0.05, 0.1) is 5.57 Å². The van der Waals surface area contributed by atoms with Crippen LogP contribution in [0.5, 0.6) is 0 Å². The topological polar surface area (TPSA) is 69.6 Å².